The van der Waals surface area contributed by atoms with Crippen LogP contribution < -0.4 is 0 Å². The quantitative estimate of drug-likeness (QED) is 0.680. The average Bonchev–Trinajstić information content (AvgIpc) is 2.14. The fourth-order valence-electron chi connectivity index (χ4n) is 0.980. The molecule has 0 aromatic heterocycles. The summed E-state index contributed by atoms with van der Waals surface area (Å²) in [6.45, 7) is 1.75. The first-order valence-electron chi connectivity index (χ1n) is 4.47. The van der Waals surface area contributed by atoms with Gasteiger partial charge in [-0.1, -0.05) is 36.3 Å². The van der Waals surface area contributed by atoms with Crippen molar-refractivity contribution < 1.29 is 5.11 Å². The summed E-state index contributed by atoms with van der Waals surface area (Å²) in [6, 6.07) is 10.1. The van der Waals surface area contributed by atoms with Crippen molar-refractivity contribution in [2.24, 2.45) is 0 Å². The van der Waals surface area contributed by atoms with Crippen molar-refractivity contribution in [1.82, 2.24) is 0 Å². The van der Waals surface area contributed by atoms with Crippen LogP contribution in [0.15, 0.2) is 30.3 Å². The van der Waals surface area contributed by atoms with Gasteiger partial charge < -0.3 is 5.11 Å². The van der Waals surface area contributed by atoms with Gasteiger partial charge in [0.2, 0.25) is 0 Å². The molecule has 68 valence electrons. The van der Waals surface area contributed by atoms with Gasteiger partial charge in [-0.15, -0.1) is 5.92 Å². The first-order valence-corrected chi connectivity index (χ1v) is 4.47. The van der Waals surface area contributed by atoms with Crippen LogP contribution in [0, 0.1) is 11.8 Å². The topological polar surface area (TPSA) is 20.2 Å². The zero-order valence-corrected chi connectivity index (χ0v) is 7.83. The van der Waals surface area contributed by atoms with E-state index in [-0.39, 0.29) is 6.10 Å². The molecule has 0 fully saturated rings. The van der Waals surface area contributed by atoms with Crippen molar-refractivity contribution in [3.63, 3.8) is 0 Å². The molecule has 0 bridgehead atoms. The molecule has 0 amide bonds. The van der Waals surface area contributed by atoms with Crippen LogP contribution in [-0.2, 0) is 6.42 Å². The Labute approximate surface area is 79.4 Å². The van der Waals surface area contributed by atoms with Gasteiger partial charge in [-0.25, -0.2) is 0 Å². The first kappa shape index (κ1) is 9.83. The highest BCUT2D eigenvalue weighted by Crippen LogP contribution is 1.98. The number of aliphatic hydroxyl groups excluding tert-OH is 1. The third-order valence-corrected chi connectivity index (χ3v) is 1.66. The molecule has 0 saturated heterocycles. The van der Waals surface area contributed by atoms with E-state index in [0.717, 1.165) is 6.42 Å². The molecule has 1 rings (SSSR count). The summed E-state index contributed by atoms with van der Waals surface area (Å²) >= 11 is 0. The van der Waals surface area contributed by atoms with Gasteiger partial charge >= 0.3 is 0 Å². The SMILES string of the molecule is CC(O)CC#CCc1ccccc1. The zero-order chi connectivity index (χ0) is 9.52. The Hall–Kier alpha value is -1.26. The van der Waals surface area contributed by atoms with Gasteiger partial charge in [0.25, 0.3) is 0 Å². The molecule has 0 radical (unpaired) electrons. The first-order chi connectivity index (χ1) is 6.29. The summed E-state index contributed by atoms with van der Waals surface area (Å²) in [5, 5.41) is 8.95. The number of rotatable bonds is 2. The van der Waals surface area contributed by atoms with Crippen molar-refractivity contribution in [3.05, 3.63) is 35.9 Å². The van der Waals surface area contributed by atoms with E-state index in [2.05, 4.69) is 24.0 Å². The van der Waals surface area contributed by atoms with Crippen molar-refractivity contribution >= 4 is 0 Å². The monoisotopic (exact) mass is 174 g/mol. The summed E-state index contributed by atoms with van der Waals surface area (Å²) in [7, 11) is 0. The Morgan fingerprint density at radius 1 is 1.23 bits per heavy atom. The Bertz CT molecular complexity index is 290. The second kappa shape index (κ2) is 5.40. The number of aliphatic hydroxyl groups is 1. The lowest BCUT2D eigenvalue weighted by molar-refractivity contribution is 0.201. The van der Waals surface area contributed by atoms with Crippen LogP contribution in [0.25, 0.3) is 0 Å². The van der Waals surface area contributed by atoms with Crippen LogP contribution in [0.5, 0.6) is 0 Å². The number of hydrogen-bond acceptors (Lipinski definition) is 1. The largest absolute Gasteiger partial charge is 0.392 e. The zero-order valence-electron chi connectivity index (χ0n) is 7.83. The van der Waals surface area contributed by atoms with E-state index < -0.39 is 0 Å². The third kappa shape index (κ3) is 4.35. The van der Waals surface area contributed by atoms with Crippen LogP contribution >= 0.6 is 0 Å². The molecule has 0 aliphatic rings. The molecule has 0 heterocycles. The highest BCUT2D eigenvalue weighted by Gasteiger charge is 1.88. The van der Waals surface area contributed by atoms with E-state index in [4.69, 9.17) is 5.11 Å². The van der Waals surface area contributed by atoms with E-state index in [1.54, 1.807) is 6.92 Å². The number of benzene rings is 1. The van der Waals surface area contributed by atoms with Crippen molar-refractivity contribution in [3.8, 4) is 11.8 Å². The van der Waals surface area contributed by atoms with Gasteiger partial charge in [-0.2, -0.15) is 0 Å². The van der Waals surface area contributed by atoms with Crippen molar-refractivity contribution in [2.75, 3.05) is 0 Å². The van der Waals surface area contributed by atoms with Gasteiger partial charge in [0.05, 0.1) is 6.10 Å². The molecule has 1 unspecified atom stereocenters. The van der Waals surface area contributed by atoms with Gasteiger partial charge in [-0.3, -0.25) is 0 Å². The molecule has 0 spiro atoms. The smallest absolute Gasteiger partial charge is 0.0621 e. The van der Waals surface area contributed by atoms with E-state index in [1.807, 2.05) is 18.2 Å². The molecule has 0 aliphatic heterocycles. The van der Waals surface area contributed by atoms with Gasteiger partial charge in [-0.05, 0) is 12.5 Å². The fourth-order valence-corrected chi connectivity index (χ4v) is 0.980. The second-order valence-corrected chi connectivity index (χ2v) is 3.07. The van der Waals surface area contributed by atoms with Crippen LogP contribution in [0.1, 0.15) is 18.9 Å². The maximum absolute atomic E-state index is 8.95. The highest BCUT2D eigenvalue weighted by atomic mass is 16.3. The van der Waals surface area contributed by atoms with Crippen molar-refractivity contribution in [2.45, 2.75) is 25.9 Å². The molecule has 1 heteroatoms. The fraction of sp³-hybridized carbons (Fsp3) is 0.333. The van der Waals surface area contributed by atoms with Gasteiger partial charge in [0.15, 0.2) is 0 Å². The van der Waals surface area contributed by atoms with E-state index in [9.17, 15) is 0 Å². The lowest BCUT2D eigenvalue weighted by Crippen LogP contribution is -1.95. The third-order valence-electron chi connectivity index (χ3n) is 1.66. The molecule has 1 aromatic carbocycles. The second-order valence-electron chi connectivity index (χ2n) is 3.07. The van der Waals surface area contributed by atoms with Gasteiger partial charge in [0.1, 0.15) is 0 Å². The molecule has 1 N–H and O–H groups in total. The Balaban J connectivity index is 2.37. The predicted octanol–water partition coefficient (Wildman–Crippen LogP) is 2.00. The molecule has 1 nitrogen and oxygen atoms in total. The summed E-state index contributed by atoms with van der Waals surface area (Å²) in [4.78, 5) is 0. The predicted molar refractivity (Wildman–Crippen MR) is 54.2 cm³/mol. The van der Waals surface area contributed by atoms with Crippen LogP contribution in [-0.4, -0.2) is 11.2 Å². The van der Waals surface area contributed by atoms with E-state index in [1.165, 1.54) is 5.56 Å². The van der Waals surface area contributed by atoms with E-state index in [0.29, 0.717) is 6.42 Å². The maximum Gasteiger partial charge on any atom is 0.0621 e. The minimum atomic E-state index is -0.316. The minimum Gasteiger partial charge on any atom is -0.392 e. The summed E-state index contributed by atoms with van der Waals surface area (Å²) in [5.74, 6) is 5.96. The molecule has 13 heavy (non-hydrogen) atoms. The van der Waals surface area contributed by atoms with Crippen LogP contribution in [0.4, 0.5) is 0 Å². The summed E-state index contributed by atoms with van der Waals surface area (Å²) in [6.07, 6.45) is 1.02. The summed E-state index contributed by atoms with van der Waals surface area (Å²) < 4.78 is 0. The minimum absolute atomic E-state index is 0.316. The van der Waals surface area contributed by atoms with Crippen molar-refractivity contribution in [1.29, 1.82) is 0 Å². The van der Waals surface area contributed by atoms with E-state index >= 15 is 0 Å². The molecule has 0 saturated carbocycles. The molecular weight excluding hydrogens is 160 g/mol. The lowest BCUT2D eigenvalue weighted by Gasteiger charge is -1.94. The lowest BCUT2D eigenvalue weighted by atomic mass is 10.1. The normalized spacial score (nSPS) is 11.5. The molecule has 1 atom stereocenters. The molecule has 1 aromatic rings. The highest BCUT2D eigenvalue weighted by molar-refractivity contribution is 5.20. The Morgan fingerprint density at radius 2 is 1.92 bits per heavy atom. The average molecular weight is 174 g/mol. The molecular formula is C12H14O. The number of hydrogen-bond donors (Lipinski definition) is 1. The van der Waals surface area contributed by atoms with Crippen LogP contribution in [0.2, 0.25) is 0 Å². The maximum atomic E-state index is 8.95. The summed E-state index contributed by atoms with van der Waals surface area (Å²) in [5.41, 5.74) is 1.22. The molecule has 0 aliphatic carbocycles. The van der Waals surface area contributed by atoms with Gasteiger partial charge in [0, 0.05) is 12.8 Å². The standard InChI is InChI=1S/C12H14O/c1-11(13)7-5-6-10-12-8-3-2-4-9-12/h2-4,8-9,11,13H,7,10H2,1H3. The van der Waals surface area contributed by atoms with Crippen LogP contribution in [0.3, 0.4) is 0 Å². The Morgan fingerprint density at radius 3 is 2.54 bits per heavy atom. The Kier molecular flexibility index (Phi) is 4.08.